The Kier molecular flexibility index (Phi) is 34.7. The molecule has 0 saturated carbocycles. The number of ether oxygens (including phenoxy) is 1. The maximum atomic E-state index is 7.93. The fourth-order valence-corrected chi connectivity index (χ4v) is 0.238. The van der Waals surface area contributed by atoms with Crippen molar-refractivity contribution in [1.82, 2.24) is 0 Å². The van der Waals surface area contributed by atoms with Crippen LogP contribution in [0.2, 0.25) is 0 Å². The summed E-state index contributed by atoms with van der Waals surface area (Å²) in [6, 6.07) is 0. The van der Waals surface area contributed by atoms with E-state index in [0.717, 1.165) is 0 Å². The Hall–Kier alpha value is -0.730. The van der Waals surface area contributed by atoms with Crippen molar-refractivity contribution in [3.8, 4) is 0 Å². The Balaban J connectivity index is -0.000000138. The largest absolute Gasteiger partial charge is 0.479 e. The summed E-state index contributed by atoms with van der Waals surface area (Å²) in [7, 11) is 0. The van der Waals surface area contributed by atoms with Crippen LogP contribution in [0.15, 0.2) is 5.16 Å². The van der Waals surface area contributed by atoms with Gasteiger partial charge >= 0.3 is 0 Å². The van der Waals surface area contributed by atoms with E-state index in [1.165, 1.54) is 0 Å². The molecule has 70 valence electrons. The van der Waals surface area contributed by atoms with Gasteiger partial charge in [0, 0.05) is 6.92 Å². The fraction of sp³-hybridized carbons (Fsp3) is 0.875. The van der Waals surface area contributed by atoms with Crippen molar-refractivity contribution in [3.63, 3.8) is 0 Å². The molecular formula is C8H21NO2. The van der Waals surface area contributed by atoms with Crippen LogP contribution in [0.25, 0.3) is 0 Å². The maximum Gasteiger partial charge on any atom is 0.222 e. The van der Waals surface area contributed by atoms with Crippen molar-refractivity contribution in [3.05, 3.63) is 0 Å². The summed E-state index contributed by atoms with van der Waals surface area (Å²) in [5, 5.41) is 10.7. The molecule has 0 aromatic carbocycles. The average molecular weight is 163 g/mol. The molecule has 0 aromatic heterocycles. The van der Waals surface area contributed by atoms with Gasteiger partial charge in [-0.15, -0.1) is 0 Å². The van der Waals surface area contributed by atoms with E-state index in [1.807, 2.05) is 34.6 Å². The van der Waals surface area contributed by atoms with Crippen LogP contribution in [0.4, 0.5) is 0 Å². The van der Waals surface area contributed by atoms with Crippen LogP contribution in [-0.4, -0.2) is 17.7 Å². The maximum absolute atomic E-state index is 7.93. The van der Waals surface area contributed by atoms with E-state index < -0.39 is 0 Å². The number of hydrogen-bond donors (Lipinski definition) is 1. The molecule has 0 fully saturated rings. The lowest BCUT2D eigenvalue weighted by molar-refractivity contribution is 0.263. The molecule has 0 spiro atoms. The molecule has 0 amide bonds. The first-order valence-electron chi connectivity index (χ1n) is 4.12. The summed E-state index contributed by atoms with van der Waals surface area (Å²) in [5.74, 6) is 0.308. The Morgan fingerprint density at radius 2 is 1.64 bits per heavy atom. The highest BCUT2D eigenvalue weighted by atomic mass is 16.5. The van der Waals surface area contributed by atoms with E-state index in [9.17, 15) is 0 Å². The predicted octanol–water partition coefficient (Wildman–Crippen LogP) is 2.88. The highest BCUT2D eigenvalue weighted by Crippen LogP contribution is 1.75. The van der Waals surface area contributed by atoms with E-state index in [0.29, 0.717) is 12.5 Å². The zero-order valence-corrected chi connectivity index (χ0v) is 8.51. The van der Waals surface area contributed by atoms with Crippen LogP contribution in [0.5, 0.6) is 0 Å². The SMILES string of the molecule is CC.CC.CCO/C(C)=N\O. The Morgan fingerprint density at radius 3 is 1.73 bits per heavy atom. The Morgan fingerprint density at radius 1 is 1.27 bits per heavy atom. The average Bonchev–Trinajstić information content (AvgIpc) is 2.12. The van der Waals surface area contributed by atoms with Crippen LogP contribution in [0.1, 0.15) is 41.5 Å². The first kappa shape index (κ1) is 16.7. The summed E-state index contributed by atoms with van der Waals surface area (Å²) >= 11 is 0. The minimum Gasteiger partial charge on any atom is -0.479 e. The van der Waals surface area contributed by atoms with Crippen molar-refractivity contribution in [2.24, 2.45) is 5.16 Å². The first-order valence-corrected chi connectivity index (χ1v) is 4.12. The zero-order valence-electron chi connectivity index (χ0n) is 8.51. The van der Waals surface area contributed by atoms with Gasteiger partial charge < -0.3 is 9.94 Å². The van der Waals surface area contributed by atoms with Crippen LogP contribution in [0, 0.1) is 0 Å². The van der Waals surface area contributed by atoms with Crippen molar-refractivity contribution < 1.29 is 9.94 Å². The molecule has 0 aliphatic heterocycles. The smallest absolute Gasteiger partial charge is 0.222 e. The molecule has 1 N–H and O–H groups in total. The second-order valence-corrected chi connectivity index (χ2v) is 1.05. The van der Waals surface area contributed by atoms with Crippen molar-refractivity contribution in [1.29, 1.82) is 0 Å². The molecule has 0 aliphatic rings. The van der Waals surface area contributed by atoms with Gasteiger partial charge in [-0.05, 0) is 6.92 Å². The molecule has 0 unspecified atom stereocenters. The normalized spacial score (nSPS) is 8.36. The van der Waals surface area contributed by atoms with E-state index in [2.05, 4.69) is 5.16 Å². The molecule has 0 saturated heterocycles. The van der Waals surface area contributed by atoms with Crippen LogP contribution in [0.3, 0.4) is 0 Å². The second kappa shape index (κ2) is 22.8. The van der Waals surface area contributed by atoms with Gasteiger partial charge in [0.1, 0.15) is 0 Å². The number of nitrogens with zero attached hydrogens (tertiary/aromatic N) is 1. The summed E-state index contributed by atoms with van der Waals surface area (Å²) < 4.78 is 4.69. The van der Waals surface area contributed by atoms with Crippen LogP contribution < -0.4 is 0 Å². The molecule has 3 heteroatoms. The van der Waals surface area contributed by atoms with E-state index in [4.69, 9.17) is 9.94 Å². The molecule has 3 nitrogen and oxygen atoms in total. The summed E-state index contributed by atoms with van der Waals surface area (Å²) in [6.07, 6.45) is 0. The molecule has 0 radical (unpaired) electrons. The highest BCUT2D eigenvalue weighted by molar-refractivity contribution is 5.72. The third-order valence-corrected chi connectivity index (χ3v) is 0.494. The lowest BCUT2D eigenvalue weighted by atomic mass is 10.7. The van der Waals surface area contributed by atoms with Crippen LogP contribution in [-0.2, 0) is 4.74 Å². The van der Waals surface area contributed by atoms with Crippen molar-refractivity contribution >= 4 is 5.90 Å². The van der Waals surface area contributed by atoms with Gasteiger partial charge in [0.15, 0.2) is 0 Å². The van der Waals surface area contributed by atoms with Gasteiger partial charge in [-0.25, -0.2) is 0 Å². The van der Waals surface area contributed by atoms with Gasteiger partial charge in [0.25, 0.3) is 0 Å². The molecule has 0 aliphatic carbocycles. The minimum atomic E-state index is 0.308. The molecule has 0 rings (SSSR count). The summed E-state index contributed by atoms with van der Waals surface area (Å²) in [5.41, 5.74) is 0. The van der Waals surface area contributed by atoms with E-state index in [-0.39, 0.29) is 0 Å². The summed E-state index contributed by atoms with van der Waals surface area (Å²) in [6.45, 7) is 12.0. The van der Waals surface area contributed by atoms with Gasteiger partial charge in [-0.3, -0.25) is 0 Å². The zero-order chi connectivity index (χ0) is 9.70. The topological polar surface area (TPSA) is 41.8 Å². The molecule has 0 bridgehead atoms. The van der Waals surface area contributed by atoms with E-state index in [1.54, 1.807) is 6.92 Å². The molecule has 0 aromatic rings. The van der Waals surface area contributed by atoms with Gasteiger partial charge in [0.2, 0.25) is 5.90 Å². The minimum absolute atomic E-state index is 0.308. The Bertz CT molecular complexity index is 72.5. The van der Waals surface area contributed by atoms with Crippen molar-refractivity contribution in [2.75, 3.05) is 6.61 Å². The lowest BCUT2D eigenvalue weighted by Crippen LogP contribution is -1.96. The molecule has 11 heavy (non-hydrogen) atoms. The standard InChI is InChI=1S/C4H9NO2.2C2H6/c1-3-7-4(2)5-6;2*1-2/h6H,3H2,1-2H3;2*1-2H3/b5-4-;;. The van der Waals surface area contributed by atoms with Gasteiger partial charge in [-0.1, -0.05) is 32.9 Å². The quantitative estimate of drug-likeness (QED) is 0.279. The van der Waals surface area contributed by atoms with E-state index >= 15 is 0 Å². The second-order valence-electron chi connectivity index (χ2n) is 1.05. The molecule has 0 heterocycles. The van der Waals surface area contributed by atoms with Crippen molar-refractivity contribution in [2.45, 2.75) is 41.5 Å². The molecule has 0 atom stereocenters. The predicted molar refractivity (Wildman–Crippen MR) is 49.2 cm³/mol. The number of oxime groups is 1. The van der Waals surface area contributed by atoms with Crippen LogP contribution >= 0.6 is 0 Å². The summed E-state index contributed by atoms with van der Waals surface area (Å²) in [4.78, 5) is 0. The molecular weight excluding hydrogens is 142 g/mol. The third-order valence-electron chi connectivity index (χ3n) is 0.494. The Labute approximate surface area is 70.1 Å². The fourth-order valence-electron chi connectivity index (χ4n) is 0.238. The van der Waals surface area contributed by atoms with Gasteiger partial charge in [0.05, 0.1) is 6.61 Å². The highest BCUT2D eigenvalue weighted by Gasteiger charge is 1.82. The number of hydrogen-bond acceptors (Lipinski definition) is 3. The lowest BCUT2D eigenvalue weighted by Gasteiger charge is -1.94. The first-order chi connectivity index (χ1) is 5.31. The number of rotatable bonds is 1. The third kappa shape index (κ3) is 26.9. The van der Waals surface area contributed by atoms with Gasteiger partial charge in [-0.2, -0.15) is 0 Å². The monoisotopic (exact) mass is 163 g/mol.